The highest BCUT2D eigenvalue weighted by atomic mass is 16.6. The van der Waals surface area contributed by atoms with Gasteiger partial charge >= 0.3 is 0 Å². The van der Waals surface area contributed by atoms with Crippen LogP contribution >= 0.6 is 0 Å². The molecule has 1 fully saturated rings. The van der Waals surface area contributed by atoms with Crippen LogP contribution in [-0.2, 0) is 4.74 Å². The Balaban J connectivity index is 1.80. The van der Waals surface area contributed by atoms with Gasteiger partial charge in [-0.3, -0.25) is 19.7 Å². The van der Waals surface area contributed by atoms with Gasteiger partial charge < -0.3 is 9.64 Å². The molecule has 3 aromatic carbocycles. The van der Waals surface area contributed by atoms with Crippen molar-refractivity contribution in [3.63, 3.8) is 0 Å². The third-order valence-electron chi connectivity index (χ3n) is 6.19. The molecule has 0 radical (unpaired) electrons. The van der Waals surface area contributed by atoms with E-state index in [2.05, 4.69) is 11.7 Å². The minimum Gasteiger partial charge on any atom is -0.378 e. The van der Waals surface area contributed by atoms with Crippen LogP contribution in [0.1, 0.15) is 15.9 Å². The summed E-state index contributed by atoms with van der Waals surface area (Å²) in [4.78, 5) is 38.7. The van der Waals surface area contributed by atoms with Crippen LogP contribution in [0.15, 0.2) is 72.0 Å². The van der Waals surface area contributed by atoms with Gasteiger partial charge in [-0.05, 0) is 42.0 Å². The Kier molecular flexibility index (Phi) is 6.14. The van der Waals surface area contributed by atoms with Gasteiger partial charge in [0.25, 0.3) is 11.2 Å². The SMILES string of the molecule is C=Cc1cc(C=O)cc(-c2nn(-c3cc(N4CCOCC4)ccc3[N+](=O)[O-])c(=O)c3ccccc23)c1. The molecule has 0 aliphatic carbocycles. The minimum atomic E-state index is -0.524. The summed E-state index contributed by atoms with van der Waals surface area (Å²) in [5.74, 6) is 0. The lowest BCUT2D eigenvalue weighted by Crippen LogP contribution is -2.36. The highest BCUT2D eigenvalue weighted by Gasteiger charge is 2.23. The first-order valence-electron chi connectivity index (χ1n) is 11.4. The zero-order valence-electron chi connectivity index (χ0n) is 19.3. The number of carbonyl (C=O) groups is 1. The fourth-order valence-electron chi connectivity index (χ4n) is 4.42. The minimum absolute atomic E-state index is 0.0662. The van der Waals surface area contributed by atoms with Crippen LogP contribution in [0.3, 0.4) is 0 Å². The average molecular weight is 482 g/mol. The van der Waals surface area contributed by atoms with Gasteiger partial charge in [0, 0.05) is 41.4 Å². The molecule has 0 unspecified atom stereocenters. The van der Waals surface area contributed by atoms with E-state index in [0.29, 0.717) is 59.5 Å². The van der Waals surface area contributed by atoms with E-state index in [1.54, 1.807) is 54.6 Å². The Morgan fingerprint density at radius 2 is 1.72 bits per heavy atom. The number of aldehydes is 1. The first kappa shape index (κ1) is 23.1. The molecule has 0 bridgehead atoms. The number of nitro benzene ring substituents is 1. The highest BCUT2D eigenvalue weighted by Crippen LogP contribution is 2.31. The zero-order chi connectivity index (χ0) is 25.2. The predicted octanol–water partition coefficient (Wildman–Crippen LogP) is 4.25. The zero-order valence-corrected chi connectivity index (χ0v) is 19.3. The lowest BCUT2D eigenvalue weighted by molar-refractivity contribution is -0.384. The van der Waals surface area contributed by atoms with E-state index in [9.17, 15) is 19.7 Å². The van der Waals surface area contributed by atoms with E-state index in [1.807, 2.05) is 11.0 Å². The molecule has 9 heteroatoms. The first-order chi connectivity index (χ1) is 17.5. The highest BCUT2D eigenvalue weighted by molar-refractivity contribution is 5.95. The lowest BCUT2D eigenvalue weighted by Gasteiger charge is -2.29. The van der Waals surface area contributed by atoms with E-state index in [4.69, 9.17) is 4.74 Å². The normalized spacial score (nSPS) is 13.5. The Morgan fingerprint density at radius 1 is 1.00 bits per heavy atom. The maximum absolute atomic E-state index is 13.6. The van der Waals surface area contributed by atoms with Gasteiger partial charge in [0.05, 0.1) is 29.2 Å². The fourth-order valence-corrected chi connectivity index (χ4v) is 4.42. The number of carbonyl (C=O) groups excluding carboxylic acids is 1. The number of nitrogens with zero attached hydrogens (tertiary/aromatic N) is 4. The van der Waals surface area contributed by atoms with Crippen molar-refractivity contribution in [2.75, 3.05) is 31.2 Å². The molecule has 2 heterocycles. The largest absolute Gasteiger partial charge is 0.378 e. The molecule has 1 aliphatic rings. The van der Waals surface area contributed by atoms with Crippen molar-refractivity contribution in [2.24, 2.45) is 0 Å². The van der Waals surface area contributed by atoms with Crippen molar-refractivity contribution in [1.82, 2.24) is 9.78 Å². The fraction of sp³-hybridized carbons (Fsp3) is 0.148. The summed E-state index contributed by atoms with van der Waals surface area (Å²) >= 11 is 0. The Hall–Kier alpha value is -4.63. The maximum Gasteiger partial charge on any atom is 0.295 e. The number of aromatic nitrogens is 2. The van der Waals surface area contributed by atoms with Crippen LogP contribution in [0.4, 0.5) is 11.4 Å². The summed E-state index contributed by atoms with van der Waals surface area (Å²) in [7, 11) is 0. The van der Waals surface area contributed by atoms with Crippen molar-refractivity contribution < 1.29 is 14.5 Å². The molecule has 1 saturated heterocycles. The van der Waals surface area contributed by atoms with Crippen LogP contribution < -0.4 is 10.5 Å². The molecule has 1 aliphatic heterocycles. The van der Waals surface area contributed by atoms with Crippen LogP contribution in [0.25, 0.3) is 33.8 Å². The Morgan fingerprint density at radius 3 is 2.42 bits per heavy atom. The molecular weight excluding hydrogens is 460 g/mol. The van der Waals surface area contributed by atoms with Crippen LogP contribution in [0.5, 0.6) is 0 Å². The number of nitro groups is 1. The number of hydrogen-bond donors (Lipinski definition) is 0. The maximum atomic E-state index is 13.6. The van der Waals surface area contributed by atoms with Crippen LogP contribution in [-0.4, -0.2) is 47.3 Å². The molecule has 0 amide bonds. The smallest absolute Gasteiger partial charge is 0.295 e. The number of benzene rings is 3. The summed E-state index contributed by atoms with van der Waals surface area (Å²) in [5, 5.41) is 17.5. The number of anilines is 1. The summed E-state index contributed by atoms with van der Waals surface area (Å²) in [5.41, 5.74) is 2.22. The van der Waals surface area contributed by atoms with Crippen molar-refractivity contribution in [2.45, 2.75) is 0 Å². The average Bonchev–Trinajstić information content (AvgIpc) is 2.93. The predicted molar refractivity (Wildman–Crippen MR) is 138 cm³/mol. The number of fused-ring (bicyclic) bond motifs is 1. The van der Waals surface area contributed by atoms with Gasteiger partial charge in [0.2, 0.25) is 0 Å². The van der Waals surface area contributed by atoms with Crippen molar-refractivity contribution >= 4 is 34.5 Å². The molecule has 0 saturated carbocycles. The number of hydrogen-bond acceptors (Lipinski definition) is 7. The first-order valence-corrected chi connectivity index (χ1v) is 11.4. The monoisotopic (exact) mass is 482 g/mol. The Bertz CT molecular complexity index is 1540. The van der Waals surface area contributed by atoms with Gasteiger partial charge in [-0.15, -0.1) is 0 Å². The van der Waals surface area contributed by atoms with E-state index in [-0.39, 0.29) is 11.4 Å². The van der Waals surface area contributed by atoms with Crippen molar-refractivity contribution in [3.05, 3.63) is 98.8 Å². The summed E-state index contributed by atoms with van der Waals surface area (Å²) < 4.78 is 6.50. The second kappa shape index (κ2) is 9.55. The van der Waals surface area contributed by atoms with Gasteiger partial charge in [-0.25, -0.2) is 0 Å². The lowest BCUT2D eigenvalue weighted by atomic mass is 10.0. The molecule has 1 aromatic heterocycles. The molecule has 0 spiro atoms. The molecule has 4 aromatic rings. The number of morpholine rings is 1. The molecule has 0 N–H and O–H groups in total. The molecule has 0 atom stereocenters. The molecular formula is C27H22N4O5. The topological polar surface area (TPSA) is 108 Å². The Labute approximate surface area is 206 Å². The third-order valence-corrected chi connectivity index (χ3v) is 6.19. The second-order valence-corrected chi connectivity index (χ2v) is 8.35. The van der Waals surface area contributed by atoms with E-state index in [0.717, 1.165) is 16.7 Å². The van der Waals surface area contributed by atoms with Crippen LogP contribution in [0.2, 0.25) is 0 Å². The molecule has 9 nitrogen and oxygen atoms in total. The van der Waals surface area contributed by atoms with Crippen LogP contribution in [0, 0.1) is 10.1 Å². The standard InChI is InChI=1S/C27H22N4O5/c1-2-18-13-19(17-32)15-20(14-18)26-22-5-3-4-6-23(22)27(33)30(28-26)25-16-21(7-8-24(25)31(34)35)29-9-11-36-12-10-29/h2-8,13-17H,1,9-12H2. The number of rotatable bonds is 6. The van der Waals surface area contributed by atoms with E-state index >= 15 is 0 Å². The van der Waals surface area contributed by atoms with E-state index in [1.165, 1.54) is 6.07 Å². The summed E-state index contributed by atoms with van der Waals surface area (Å²) in [6.45, 7) is 6.14. The van der Waals surface area contributed by atoms with Gasteiger partial charge in [0.15, 0.2) is 0 Å². The second-order valence-electron chi connectivity index (χ2n) is 8.35. The quantitative estimate of drug-likeness (QED) is 0.230. The molecule has 36 heavy (non-hydrogen) atoms. The van der Waals surface area contributed by atoms with Gasteiger partial charge in [-0.1, -0.05) is 30.9 Å². The van der Waals surface area contributed by atoms with Gasteiger partial charge in [-0.2, -0.15) is 9.78 Å². The molecule has 180 valence electrons. The van der Waals surface area contributed by atoms with E-state index < -0.39 is 10.5 Å². The third kappa shape index (κ3) is 4.16. The summed E-state index contributed by atoms with van der Waals surface area (Å²) in [6.07, 6.45) is 2.34. The van der Waals surface area contributed by atoms with Crippen molar-refractivity contribution in [3.8, 4) is 16.9 Å². The summed E-state index contributed by atoms with van der Waals surface area (Å²) in [6, 6.07) is 16.8. The molecule has 5 rings (SSSR count). The van der Waals surface area contributed by atoms with Crippen molar-refractivity contribution in [1.29, 1.82) is 0 Å². The number of ether oxygens (including phenoxy) is 1. The van der Waals surface area contributed by atoms with Gasteiger partial charge in [0.1, 0.15) is 12.0 Å².